The molecule has 0 aliphatic carbocycles. The minimum absolute atomic E-state index is 0.0320. The van der Waals surface area contributed by atoms with E-state index >= 15 is 0 Å². The zero-order valence-corrected chi connectivity index (χ0v) is 15.3. The van der Waals surface area contributed by atoms with Crippen LogP contribution in [0.1, 0.15) is 58.5 Å². The van der Waals surface area contributed by atoms with Crippen LogP contribution in [0.15, 0.2) is 6.07 Å². The Morgan fingerprint density at radius 2 is 1.78 bits per heavy atom. The third kappa shape index (κ3) is 4.88. The molecule has 0 spiro atoms. The number of piperazine rings is 1. The maximum atomic E-state index is 8.96. The van der Waals surface area contributed by atoms with E-state index in [0.29, 0.717) is 5.92 Å². The van der Waals surface area contributed by atoms with Gasteiger partial charge in [0.25, 0.3) is 0 Å². The molecule has 0 aromatic carbocycles. The second kappa shape index (κ2) is 7.58. The fraction of sp³-hybridized carbons (Fsp3) is 0.778. The third-order valence-corrected chi connectivity index (χ3v) is 4.34. The normalized spacial score (nSPS) is 17.1. The predicted octanol–water partition coefficient (Wildman–Crippen LogP) is 2.40. The van der Waals surface area contributed by atoms with Crippen molar-refractivity contribution in [2.24, 2.45) is 0 Å². The van der Waals surface area contributed by atoms with Gasteiger partial charge in [-0.05, 0) is 6.42 Å². The fourth-order valence-corrected chi connectivity index (χ4v) is 2.75. The van der Waals surface area contributed by atoms with Gasteiger partial charge in [0.1, 0.15) is 11.6 Å². The van der Waals surface area contributed by atoms with Crippen LogP contribution in [-0.2, 0) is 5.41 Å². The van der Waals surface area contributed by atoms with E-state index in [-0.39, 0.29) is 12.0 Å². The molecule has 1 fully saturated rings. The second-order valence-electron chi connectivity index (χ2n) is 7.78. The number of aliphatic hydroxyl groups excluding tert-OH is 1. The van der Waals surface area contributed by atoms with E-state index in [9.17, 15) is 0 Å². The van der Waals surface area contributed by atoms with Crippen molar-refractivity contribution in [3.63, 3.8) is 0 Å². The SMILES string of the molecule is CC(C)c1nc(N2CCN(CCCO)CC2)cc(C(C)(C)C)n1. The first kappa shape index (κ1) is 18.1. The molecule has 0 radical (unpaired) electrons. The zero-order chi connectivity index (χ0) is 17.0. The van der Waals surface area contributed by atoms with Crippen molar-refractivity contribution in [2.75, 3.05) is 44.2 Å². The van der Waals surface area contributed by atoms with E-state index in [2.05, 4.69) is 50.5 Å². The molecule has 1 aromatic rings. The average Bonchev–Trinajstić information content (AvgIpc) is 2.52. The summed E-state index contributed by atoms with van der Waals surface area (Å²) in [5, 5.41) is 8.96. The van der Waals surface area contributed by atoms with E-state index < -0.39 is 0 Å². The van der Waals surface area contributed by atoms with Gasteiger partial charge in [-0.1, -0.05) is 34.6 Å². The van der Waals surface area contributed by atoms with Gasteiger partial charge < -0.3 is 10.0 Å². The largest absolute Gasteiger partial charge is 0.396 e. The number of anilines is 1. The molecule has 2 heterocycles. The number of nitrogens with zero attached hydrogens (tertiary/aromatic N) is 4. The van der Waals surface area contributed by atoms with Crippen LogP contribution >= 0.6 is 0 Å². The minimum Gasteiger partial charge on any atom is -0.396 e. The quantitative estimate of drug-likeness (QED) is 0.903. The molecule has 1 aromatic heterocycles. The van der Waals surface area contributed by atoms with E-state index in [1.54, 1.807) is 0 Å². The van der Waals surface area contributed by atoms with Crippen LogP contribution in [0.5, 0.6) is 0 Å². The topological polar surface area (TPSA) is 52.5 Å². The molecule has 130 valence electrons. The van der Waals surface area contributed by atoms with Gasteiger partial charge in [0.05, 0.1) is 5.69 Å². The summed E-state index contributed by atoms with van der Waals surface area (Å²) in [4.78, 5) is 14.4. The van der Waals surface area contributed by atoms with E-state index in [1.165, 1.54) is 0 Å². The number of hydrogen-bond acceptors (Lipinski definition) is 5. The Hall–Kier alpha value is -1.20. The van der Waals surface area contributed by atoms with E-state index in [4.69, 9.17) is 15.1 Å². The van der Waals surface area contributed by atoms with Crippen molar-refractivity contribution in [3.05, 3.63) is 17.6 Å². The number of aliphatic hydroxyl groups is 1. The van der Waals surface area contributed by atoms with Crippen LogP contribution in [0.2, 0.25) is 0 Å². The van der Waals surface area contributed by atoms with Gasteiger partial charge in [-0.25, -0.2) is 9.97 Å². The smallest absolute Gasteiger partial charge is 0.133 e. The molecule has 23 heavy (non-hydrogen) atoms. The first-order valence-corrected chi connectivity index (χ1v) is 8.79. The van der Waals surface area contributed by atoms with Crippen LogP contribution in [0.25, 0.3) is 0 Å². The minimum atomic E-state index is 0.0320. The third-order valence-electron chi connectivity index (χ3n) is 4.34. The van der Waals surface area contributed by atoms with Crippen molar-refractivity contribution < 1.29 is 5.11 Å². The Balaban J connectivity index is 2.15. The second-order valence-corrected chi connectivity index (χ2v) is 7.78. The summed E-state index contributed by atoms with van der Waals surface area (Å²) in [5.41, 5.74) is 1.15. The highest BCUT2D eigenvalue weighted by molar-refractivity contribution is 5.42. The highest BCUT2D eigenvalue weighted by Gasteiger charge is 2.23. The summed E-state index contributed by atoms with van der Waals surface area (Å²) in [6, 6.07) is 2.16. The van der Waals surface area contributed by atoms with Crippen LogP contribution in [0.3, 0.4) is 0 Å². The highest BCUT2D eigenvalue weighted by atomic mass is 16.3. The van der Waals surface area contributed by atoms with Crippen LogP contribution in [-0.4, -0.2) is 59.3 Å². The zero-order valence-electron chi connectivity index (χ0n) is 15.3. The average molecular weight is 320 g/mol. The maximum absolute atomic E-state index is 8.96. The first-order valence-electron chi connectivity index (χ1n) is 8.79. The molecule has 1 N–H and O–H groups in total. The summed E-state index contributed by atoms with van der Waals surface area (Å²) in [5.74, 6) is 2.34. The Labute approximate surface area is 140 Å². The molecular formula is C18H32N4O. The Kier molecular flexibility index (Phi) is 5.98. The van der Waals surface area contributed by atoms with Crippen molar-refractivity contribution >= 4 is 5.82 Å². The van der Waals surface area contributed by atoms with Gasteiger partial charge in [-0.15, -0.1) is 0 Å². The van der Waals surface area contributed by atoms with E-state index in [0.717, 1.165) is 56.5 Å². The van der Waals surface area contributed by atoms with Gasteiger partial charge in [0, 0.05) is 56.7 Å². The Morgan fingerprint density at radius 3 is 2.30 bits per heavy atom. The molecular weight excluding hydrogens is 288 g/mol. The molecule has 0 saturated carbocycles. The molecule has 2 rings (SSSR count). The molecule has 0 unspecified atom stereocenters. The lowest BCUT2D eigenvalue weighted by molar-refractivity contribution is 0.215. The standard InChI is InChI=1S/C18H32N4O/c1-14(2)17-19-15(18(3,4)5)13-16(20-17)22-10-8-21(9-11-22)7-6-12-23/h13-14,23H,6-12H2,1-5H3. The van der Waals surface area contributed by atoms with Gasteiger partial charge >= 0.3 is 0 Å². The maximum Gasteiger partial charge on any atom is 0.133 e. The Bertz CT molecular complexity index is 502. The van der Waals surface area contributed by atoms with Crippen molar-refractivity contribution in [2.45, 2.75) is 52.4 Å². The molecule has 0 bridgehead atoms. The lowest BCUT2D eigenvalue weighted by atomic mass is 9.91. The van der Waals surface area contributed by atoms with Crippen molar-refractivity contribution in [1.29, 1.82) is 0 Å². The molecule has 5 nitrogen and oxygen atoms in total. The summed E-state index contributed by atoms with van der Waals surface area (Å²) in [7, 11) is 0. The number of aromatic nitrogens is 2. The summed E-state index contributed by atoms with van der Waals surface area (Å²) in [6.45, 7) is 16.2. The van der Waals surface area contributed by atoms with Crippen LogP contribution in [0.4, 0.5) is 5.82 Å². The number of hydrogen-bond donors (Lipinski definition) is 1. The molecule has 0 atom stereocenters. The summed E-state index contributed by atoms with van der Waals surface area (Å²) < 4.78 is 0. The molecule has 1 aliphatic heterocycles. The van der Waals surface area contributed by atoms with Crippen LogP contribution < -0.4 is 4.90 Å². The molecule has 1 saturated heterocycles. The Morgan fingerprint density at radius 1 is 1.13 bits per heavy atom. The molecule has 1 aliphatic rings. The van der Waals surface area contributed by atoms with Gasteiger partial charge in [0.15, 0.2) is 0 Å². The summed E-state index contributed by atoms with van der Waals surface area (Å²) >= 11 is 0. The highest BCUT2D eigenvalue weighted by Crippen LogP contribution is 2.26. The fourth-order valence-electron chi connectivity index (χ4n) is 2.75. The molecule has 5 heteroatoms. The number of rotatable bonds is 5. The van der Waals surface area contributed by atoms with E-state index in [1.807, 2.05) is 0 Å². The lowest BCUT2D eigenvalue weighted by Gasteiger charge is -2.36. The molecule has 0 amide bonds. The first-order chi connectivity index (χ1) is 10.8. The predicted molar refractivity (Wildman–Crippen MR) is 95.2 cm³/mol. The van der Waals surface area contributed by atoms with Crippen molar-refractivity contribution in [1.82, 2.24) is 14.9 Å². The van der Waals surface area contributed by atoms with Gasteiger partial charge in [0.2, 0.25) is 0 Å². The van der Waals surface area contributed by atoms with Crippen LogP contribution in [0, 0.1) is 0 Å². The van der Waals surface area contributed by atoms with Gasteiger partial charge in [-0.2, -0.15) is 0 Å². The lowest BCUT2D eigenvalue weighted by Crippen LogP contribution is -2.47. The summed E-state index contributed by atoms with van der Waals surface area (Å²) in [6.07, 6.45) is 0.860. The monoisotopic (exact) mass is 320 g/mol. The van der Waals surface area contributed by atoms with Gasteiger partial charge in [-0.3, -0.25) is 4.90 Å². The van der Waals surface area contributed by atoms with Crippen molar-refractivity contribution in [3.8, 4) is 0 Å².